The number of carbonyl (C=O) groups excluding carboxylic acids is 1. The molecule has 1 aromatic heterocycles. The molecule has 1 aliphatic carbocycles. The van der Waals surface area contributed by atoms with Crippen LogP contribution in [0.4, 0.5) is 0 Å². The maximum absolute atomic E-state index is 11.8. The summed E-state index contributed by atoms with van der Waals surface area (Å²) in [5.41, 5.74) is 5.49. The minimum absolute atomic E-state index is 0.0918. The summed E-state index contributed by atoms with van der Waals surface area (Å²) >= 11 is 0. The van der Waals surface area contributed by atoms with E-state index >= 15 is 0 Å². The zero-order valence-electron chi connectivity index (χ0n) is 11.7. The first-order valence-electron chi connectivity index (χ1n) is 7.51. The van der Waals surface area contributed by atoms with Gasteiger partial charge in [-0.2, -0.15) is 0 Å². The van der Waals surface area contributed by atoms with Crippen molar-refractivity contribution in [3.63, 3.8) is 0 Å². The van der Waals surface area contributed by atoms with Crippen LogP contribution in [-0.4, -0.2) is 40.4 Å². The van der Waals surface area contributed by atoms with E-state index in [-0.39, 0.29) is 12.5 Å². The third-order valence-corrected chi connectivity index (χ3v) is 4.84. The molecule has 1 aromatic rings. The maximum atomic E-state index is 11.8. The van der Waals surface area contributed by atoms with Gasteiger partial charge in [0.1, 0.15) is 5.82 Å². The SMILES string of the molecule is NCC(=O)N1C[C@H]2CCC[C@H](Cc3ncccn3)[C@H]2C1. The highest BCUT2D eigenvalue weighted by Crippen LogP contribution is 2.41. The number of likely N-dealkylation sites (tertiary alicyclic amines) is 1. The highest BCUT2D eigenvalue weighted by molar-refractivity contribution is 5.78. The van der Waals surface area contributed by atoms with Gasteiger partial charge in [0.05, 0.1) is 6.54 Å². The average molecular weight is 274 g/mol. The van der Waals surface area contributed by atoms with E-state index < -0.39 is 0 Å². The second kappa shape index (κ2) is 5.87. The Morgan fingerprint density at radius 2 is 2.10 bits per heavy atom. The zero-order valence-corrected chi connectivity index (χ0v) is 11.7. The molecule has 0 spiro atoms. The first-order chi connectivity index (χ1) is 9.78. The zero-order chi connectivity index (χ0) is 13.9. The van der Waals surface area contributed by atoms with Crippen molar-refractivity contribution in [2.45, 2.75) is 25.7 Å². The van der Waals surface area contributed by atoms with E-state index in [9.17, 15) is 4.79 Å². The van der Waals surface area contributed by atoms with E-state index in [4.69, 9.17) is 5.73 Å². The fourth-order valence-electron chi connectivity index (χ4n) is 3.85. The van der Waals surface area contributed by atoms with E-state index in [0.717, 1.165) is 25.3 Å². The van der Waals surface area contributed by atoms with Crippen LogP contribution < -0.4 is 5.73 Å². The van der Waals surface area contributed by atoms with Gasteiger partial charge in [-0.25, -0.2) is 9.97 Å². The summed E-state index contributed by atoms with van der Waals surface area (Å²) in [5, 5.41) is 0. The smallest absolute Gasteiger partial charge is 0.236 e. The number of aromatic nitrogens is 2. The van der Waals surface area contributed by atoms with Crippen LogP contribution in [0.5, 0.6) is 0 Å². The Labute approximate surface area is 119 Å². The van der Waals surface area contributed by atoms with E-state index in [1.807, 2.05) is 23.4 Å². The number of hydrogen-bond donors (Lipinski definition) is 1. The van der Waals surface area contributed by atoms with Crippen LogP contribution in [0.15, 0.2) is 18.5 Å². The molecule has 2 N–H and O–H groups in total. The summed E-state index contributed by atoms with van der Waals surface area (Å²) in [4.78, 5) is 22.4. The van der Waals surface area contributed by atoms with Crippen LogP contribution >= 0.6 is 0 Å². The molecule has 0 radical (unpaired) electrons. The standard InChI is InChI=1S/C15H22N4O/c16-8-15(20)19-9-12-4-1-3-11(13(12)10-19)7-14-17-5-2-6-18-14/h2,5-6,11-13H,1,3-4,7-10,16H2/t11-,12-,13-/m1/s1. The van der Waals surface area contributed by atoms with Crippen molar-refractivity contribution >= 4 is 5.91 Å². The summed E-state index contributed by atoms with van der Waals surface area (Å²) in [6.45, 7) is 1.90. The van der Waals surface area contributed by atoms with E-state index in [1.165, 1.54) is 19.3 Å². The highest BCUT2D eigenvalue weighted by atomic mass is 16.2. The molecule has 0 unspecified atom stereocenters. The molecule has 0 bridgehead atoms. The molecule has 5 nitrogen and oxygen atoms in total. The topological polar surface area (TPSA) is 72.1 Å². The molecule has 1 saturated heterocycles. The van der Waals surface area contributed by atoms with Gasteiger partial charge in [0.2, 0.25) is 5.91 Å². The van der Waals surface area contributed by atoms with Crippen LogP contribution in [-0.2, 0) is 11.2 Å². The van der Waals surface area contributed by atoms with Crippen molar-refractivity contribution in [3.05, 3.63) is 24.3 Å². The van der Waals surface area contributed by atoms with Gasteiger partial charge in [0, 0.05) is 31.9 Å². The Morgan fingerprint density at radius 3 is 2.85 bits per heavy atom. The fraction of sp³-hybridized carbons (Fsp3) is 0.667. The Bertz CT molecular complexity index is 464. The van der Waals surface area contributed by atoms with Gasteiger partial charge < -0.3 is 10.6 Å². The third kappa shape index (κ3) is 2.68. The lowest BCUT2D eigenvalue weighted by Gasteiger charge is -2.32. The predicted molar refractivity (Wildman–Crippen MR) is 75.7 cm³/mol. The largest absolute Gasteiger partial charge is 0.341 e. The van der Waals surface area contributed by atoms with E-state index in [1.54, 1.807) is 0 Å². The van der Waals surface area contributed by atoms with Crippen molar-refractivity contribution in [1.82, 2.24) is 14.9 Å². The highest BCUT2D eigenvalue weighted by Gasteiger charge is 2.41. The van der Waals surface area contributed by atoms with Gasteiger partial charge in [-0.1, -0.05) is 6.42 Å². The van der Waals surface area contributed by atoms with Crippen LogP contribution in [0.25, 0.3) is 0 Å². The van der Waals surface area contributed by atoms with Gasteiger partial charge in [0.15, 0.2) is 0 Å². The van der Waals surface area contributed by atoms with Crippen molar-refractivity contribution in [1.29, 1.82) is 0 Å². The Balaban J connectivity index is 1.68. The lowest BCUT2D eigenvalue weighted by molar-refractivity contribution is -0.128. The van der Waals surface area contributed by atoms with Crippen LogP contribution in [0.3, 0.4) is 0 Å². The summed E-state index contributed by atoms with van der Waals surface area (Å²) < 4.78 is 0. The summed E-state index contributed by atoms with van der Waals surface area (Å²) in [6, 6.07) is 1.85. The molecule has 2 fully saturated rings. The molecule has 3 rings (SSSR count). The Morgan fingerprint density at radius 1 is 1.30 bits per heavy atom. The molecule has 2 heterocycles. The quantitative estimate of drug-likeness (QED) is 0.887. The lowest BCUT2D eigenvalue weighted by atomic mass is 9.72. The molecule has 1 amide bonds. The molecule has 3 atom stereocenters. The normalized spacial score (nSPS) is 29.2. The predicted octanol–water partition coefficient (Wildman–Crippen LogP) is 0.852. The number of carbonyl (C=O) groups is 1. The van der Waals surface area contributed by atoms with Gasteiger partial charge in [-0.15, -0.1) is 0 Å². The van der Waals surface area contributed by atoms with Crippen LogP contribution in [0.1, 0.15) is 25.1 Å². The Kier molecular flexibility index (Phi) is 3.96. The molecule has 0 aromatic carbocycles. The van der Waals surface area contributed by atoms with Crippen molar-refractivity contribution in [3.8, 4) is 0 Å². The van der Waals surface area contributed by atoms with Gasteiger partial charge in [0.25, 0.3) is 0 Å². The molecule has 1 saturated carbocycles. The minimum atomic E-state index is 0.0918. The second-order valence-corrected chi connectivity index (χ2v) is 5.99. The van der Waals surface area contributed by atoms with Gasteiger partial charge in [-0.3, -0.25) is 4.79 Å². The summed E-state index contributed by atoms with van der Waals surface area (Å²) in [6.07, 6.45) is 8.27. The third-order valence-electron chi connectivity index (χ3n) is 4.84. The van der Waals surface area contributed by atoms with E-state index in [2.05, 4.69) is 9.97 Å². The second-order valence-electron chi connectivity index (χ2n) is 5.99. The Hall–Kier alpha value is -1.49. The number of amides is 1. The van der Waals surface area contributed by atoms with Crippen molar-refractivity contribution in [2.75, 3.05) is 19.6 Å². The maximum Gasteiger partial charge on any atom is 0.236 e. The number of fused-ring (bicyclic) bond motifs is 1. The van der Waals surface area contributed by atoms with E-state index in [0.29, 0.717) is 17.8 Å². The molecular formula is C15H22N4O. The fourth-order valence-corrected chi connectivity index (χ4v) is 3.85. The molecule has 20 heavy (non-hydrogen) atoms. The summed E-state index contributed by atoms with van der Waals surface area (Å²) in [5.74, 6) is 2.87. The monoisotopic (exact) mass is 274 g/mol. The molecule has 108 valence electrons. The molecular weight excluding hydrogens is 252 g/mol. The molecule has 1 aliphatic heterocycles. The number of rotatable bonds is 3. The average Bonchev–Trinajstić information content (AvgIpc) is 2.93. The minimum Gasteiger partial charge on any atom is -0.341 e. The first kappa shape index (κ1) is 13.5. The van der Waals surface area contributed by atoms with Gasteiger partial charge in [-0.05, 0) is 36.7 Å². The molecule has 5 heteroatoms. The van der Waals surface area contributed by atoms with Crippen molar-refractivity contribution in [2.24, 2.45) is 23.5 Å². The summed E-state index contributed by atoms with van der Waals surface area (Å²) in [7, 11) is 0. The van der Waals surface area contributed by atoms with Crippen LogP contribution in [0.2, 0.25) is 0 Å². The first-order valence-corrected chi connectivity index (χ1v) is 7.51. The lowest BCUT2D eigenvalue weighted by Crippen LogP contribution is -2.34. The number of hydrogen-bond acceptors (Lipinski definition) is 4. The number of nitrogens with zero attached hydrogens (tertiary/aromatic N) is 3. The van der Waals surface area contributed by atoms with Gasteiger partial charge >= 0.3 is 0 Å². The van der Waals surface area contributed by atoms with Crippen LogP contribution in [0, 0.1) is 17.8 Å². The number of nitrogens with two attached hydrogens (primary N) is 1. The van der Waals surface area contributed by atoms with Crippen molar-refractivity contribution < 1.29 is 4.79 Å². The molecule has 2 aliphatic rings.